The van der Waals surface area contributed by atoms with Gasteiger partial charge in [-0.2, -0.15) is 0 Å². The van der Waals surface area contributed by atoms with Crippen molar-refractivity contribution in [2.24, 2.45) is 0 Å². The molecule has 0 aliphatic carbocycles. The van der Waals surface area contributed by atoms with Gasteiger partial charge in [0.1, 0.15) is 11.9 Å². The Bertz CT molecular complexity index is 453. The van der Waals surface area contributed by atoms with Crippen molar-refractivity contribution in [1.82, 2.24) is 4.90 Å². The van der Waals surface area contributed by atoms with E-state index in [9.17, 15) is 10.2 Å². The molecule has 122 valence electrons. The van der Waals surface area contributed by atoms with Gasteiger partial charge in [-0.1, -0.05) is 31.5 Å². The van der Waals surface area contributed by atoms with Gasteiger partial charge in [0.15, 0.2) is 0 Å². The molecule has 4 heteroatoms. The highest BCUT2D eigenvalue weighted by Crippen LogP contribution is 2.16. The fourth-order valence-corrected chi connectivity index (χ4v) is 2.76. The van der Waals surface area contributed by atoms with Crippen LogP contribution in [-0.2, 0) is 0 Å². The zero-order valence-electron chi connectivity index (χ0n) is 13.5. The minimum Gasteiger partial charge on any atom is -0.510 e. The van der Waals surface area contributed by atoms with Gasteiger partial charge >= 0.3 is 0 Å². The van der Waals surface area contributed by atoms with Gasteiger partial charge in [-0.25, -0.2) is 0 Å². The second kappa shape index (κ2) is 8.81. The number of hydrogen-bond acceptors (Lipinski definition) is 4. The monoisotopic (exact) mass is 304 g/mol. The maximum absolute atomic E-state index is 10.1. The van der Waals surface area contributed by atoms with Crippen LogP contribution in [0.5, 0.6) is 0 Å². The number of rotatable bonds is 7. The number of allylic oxidation sites excluding steroid dienone is 1. The standard InChI is InChI=1S/C18H28N2O2/c1-2-3-5-10-17(21)18(22)15-19-11-13-20(14-12-19)16-8-6-4-7-9-16/h4,6-10,18,21-22H,2-3,5,11-15H2,1H3/b17-10-. The summed E-state index contributed by atoms with van der Waals surface area (Å²) in [7, 11) is 0. The molecule has 0 aromatic heterocycles. The first-order valence-corrected chi connectivity index (χ1v) is 8.30. The van der Waals surface area contributed by atoms with E-state index < -0.39 is 6.10 Å². The predicted octanol–water partition coefficient (Wildman–Crippen LogP) is 2.80. The van der Waals surface area contributed by atoms with Crippen LogP contribution in [0.1, 0.15) is 26.2 Å². The van der Waals surface area contributed by atoms with Crippen molar-refractivity contribution in [2.45, 2.75) is 32.3 Å². The first-order chi connectivity index (χ1) is 10.7. The van der Waals surface area contributed by atoms with Crippen LogP contribution in [0.2, 0.25) is 0 Å². The number of anilines is 1. The maximum Gasteiger partial charge on any atom is 0.123 e. The van der Waals surface area contributed by atoms with E-state index in [-0.39, 0.29) is 5.76 Å². The predicted molar refractivity (Wildman–Crippen MR) is 91.3 cm³/mol. The second-order valence-corrected chi connectivity index (χ2v) is 5.91. The van der Waals surface area contributed by atoms with Gasteiger partial charge in [0.25, 0.3) is 0 Å². The number of piperazine rings is 1. The molecule has 2 N–H and O–H groups in total. The molecule has 1 aromatic rings. The van der Waals surface area contributed by atoms with E-state index in [2.05, 4.69) is 41.0 Å². The Morgan fingerprint density at radius 2 is 1.86 bits per heavy atom. The molecule has 22 heavy (non-hydrogen) atoms. The van der Waals surface area contributed by atoms with Crippen molar-refractivity contribution < 1.29 is 10.2 Å². The van der Waals surface area contributed by atoms with Crippen LogP contribution in [0.4, 0.5) is 5.69 Å². The molecular formula is C18H28N2O2. The largest absolute Gasteiger partial charge is 0.510 e. The summed E-state index contributed by atoms with van der Waals surface area (Å²) in [5, 5.41) is 20.0. The summed E-state index contributed by atoms with van der Waals surface area (Å²) in [6, 6.07) is 10.4. The van der Waals surface area contributed by atoms with Crippen LogP contribution in [0.25, 0.3) is 0 Å². The molecule has 1 aliphatic rings. The minimum absolute atomic E-state index is 0.124. The highest BCUT2D eigenvalue weighted by Gasteiger charge is 2.20. The van der Waals surface area contributed by atoms with E-state index >= 15 is 0 Å². The third-order valence-corrected chi connectivity index (χ3v) is 4.18. The first-order valence-electron chi connectivity index (χ1n) is 8.30. The molecule has 1 fully saturated rings. The Labute approximate surface area is 133 Å². The molecule has 1 atom stereocenters. The van der Waals surface area contributed by atoms with Crippen molar-refractivity contribution in [1.29, 1.82) is 0 Å². The van der Waals surface area contributed by atoms with Crippen molar-refractivity contribution in [3.8, 4) is 0 Å². The van der Waals surface area contributed by atoms with Crippen LogP contribution < -0.4 is 4.90 Å². The summed E-state index contributed by atoms with van der Waals surface area (Å²) < 4.78 is 0. The summed E-state index contributed by atoms with van der Waals surface area (Å²) >= 11 is 0. The molecule has 0 radical (unpaired) electrons. The number of para-hydroxylation sites is 1. The summed E-state index contributed by atoms with van der Waals surface area (Å²) in [6.07, 6.45) is 3.98. The van der Waals surface area contributed by atoms with E-state index in [0.717, 1.165) is 45.4 Å². The topological polar surface area (TPSA) is 46.9 Å². The average molecular weight is 304 g/mol. The fourth-order valence-electron chi connectivity index (χ4n) is 2.76. The number of aliphatic hydroxyl groups excluding tert-OH is 2. The normalized spacial score (nSPS) is 18.5. The van der Waals surface area contributed by atoms with Gasteiger partial charge in [0.2, 0.25) is 0 Å². The van der Waals surface area contributed by atoms with Gasteiger partial charge in [0, 0.05) is 38.4 Å². The molecule has 1 aromatic carbocycles. The quantitative estimate of drug-likeness (QED) is 0.601. The summed E-state index contributed by atoms with van der Waals surface area (Å²) in [5.41, 5.74) is 1.25. The second-order valence-electron chi connectivity index (χ2n) is 5.91. The minimum atomic E-state index is -0.764. The summed E-state index contributed by atoms with van der Waals surface area (Å²) in [5.74, 6) is 0.124. The zero-order valence-corrected chi connectivity index (χ0v) is 13.5. The lowest BCUT2D eigenvalue weighted by molar-refractivity contribution is 0.0990. The molecule has 1 unspecified atom stereocenters. The Balaban J connectivity index is 1.76. The van der Waals surface area contributed by atoms with Gasteiger partial charge in [-0.15, -0.1) is 0 Å². The average Bonchev–Trinajstić information content (AvgIpc) is 2.56. The van der Waals surface area contributed by atoms with E-state index in [1.807, 2.05) is 6.07 Å². The number of aliphatic hydroxyl groups is 2. The molecule has 2 rings (SSSR count). The Morgan fingerprint density at radius 3 is 2.50 bits per heavy atom. The van der Waals surface area contributed by atoms with Crippen molar-refractivity contribution >= 4 is 5.69 Å². The van der Waals surface area contributed by atoms with E-state index in [1.54, 1.807) is 6.08 Å². The molecule has 0 amide bonds. The molecule has 1 saturated heterocycles. The fraction of sp³-hybridized carbons (Fsp3) is 0.556. The first kappa shape index (κ1) is 16.8. The van der Waals surface area contributed by atoms with Gasteiger partial charge < -0.3 is 15.1 Å². The third kappa shape index (κ3) is 5.04. The summed E-state index contributed by atoms with van der Waals surface area (Å²) in [6.45, 7) is 6.36. The van der Waals surface area contributed by atoms with Crippen LogP contribution in [0.3, 0.4) is 0 Å². The number of hydrogen-bond donors (Lipinski definition) is 2. The SMILES string of the molecule is CCCC/C=C(\O)C(O)CN1CCN(c2ccccc2)CC1. The van der Waals surface area contributed by atoms with Gasteiger partial charge in [-0.3, -0.25) is 4.90 Å². The molecule has 1 aliphatic heterocycles. The lowest BCUT2D eigenvalue weighted by Crippen LogP contribution is -2.48. The molecule has 0 bridgehead atoms. The van der Waals surface area contributed by atoms with E-state index in [0.29, 0.717) is 6.54 Å². The molecular weight excluding hydrogens is 276 g/mol. The Hall–Kier alpha value is -1.52. The van der Waals surface area contributed by atoms with Crippen molar-refractivity contribution in [3.05, 3.63) is 42.2 Å². The van der Waals surface area contributed by atoms with Crippen molar-refractivity contribution in [3.63, 3.8) is 0 Å². The number of β-amino-alcohol motifs (C(OH)–C–C–N with tert-alkyl or cyclic N) is 1. The zero-order chi connectivity index (χ0) is 15.8. The highest BCUT2D eigenvalue weighted by atomic mass is 16.3. The Kier molecular flexibility index (Phi) is 6.74. The van der Waals surface area contributed by atoms with Gasteiger partial charge in [-0.05, 0) is 31.1 Å². The van der Waals surface area contributed by atoms with E-state index in [1.165, 1.54) is 5.69 Å². The Morgan fingerprint density at radius 1 is 1.18 bits per heavy atom. The van der Waals surface area contributed by atoms with Crippen LogP contribution >= 0.6 is 0 Å². The lowest BCUT2D eigenvalue weighted by Gasteiger charge is -2.36. The number of nitrogens with zero attached hydrogens (tertiary/aromatic N) is 2. The highest BCUT2D eigenvalue weighted by molar-refractivity contribution is 5.46. The summed E-state index contributed by atoms with van der Waals surface area (Å²) in [4.78, 5) is 4.58. The van der Waals surface area contributed by atoms with Crippen LogP contribution in [-0.4, -0.2) is 53.9 Å². The van der Waals surface area contributed by atoms with Crippen LogP contribution in [0, 0.1) is 0 Å². The number of unbranched alkanes of at least 4 members (excludes halogenated alkanes) is 2. The third-order valence-electron chi connectivity index (χ3n) is 4.18. The molecule has 0 spiro atoms. The molecule has 1 heterocycles. The van der Waals surface area contributed by atoms with Crippen LogP contribution in [0.15, 0.2) is 42.2 Å². The lowest BCUT2D eigenvalue weighted by atomic mass is 10.1. The number of benzene rings is 1. The van der Waals surface area contributed by atoms with Gasteiger partial charge in [0.05, 0.1) is 0 Å². The van der Waals surface area contributed by atoms with E-state index in [4.69, 9.17) is 0 Å². The maximum atomic E-state index is 10.1. The molecule has 4 nitrogen and oxygen atoms in total. The van der Waals surface area contributed by atoms with Crippen molar-refractivity contribution in [2.75, 3.05) is 37.6 Å². The smallest absolute Gasteiger partial charge is 0.123 e. The molecule has 0 saturated carbocycles.